The molecule has 53 heavy (non-hydrogen) atoms. The molecule has 0 fully saturated rings. The average molecular weight is 805 g/mol. The van der Waals surface area contributed by atoms with E-state index in [9.17, 15) is 38.9 Å². The summed E-state index contributed by atoms with van der Waals surface area (Å²) in [6.07, 6.45) is 15.7. The normalized spacial score (nSPS) is 15.7. The number of phosphoric ester groups is 2. The van der Waals surface area contributed by atoms with E-state index < -0.39 is 78.4 Å². The number of allylic oxidation sites excluding steroid dienone is 1. The van der Waals surface area contributed by atoms with Crippen molar-refractivity contribution in [1.29, 1.82) is 0 Å². The molecule has 0 amide bonds. The Kier molecular flexibility index (Phi) is 31.2. The van der Waals surface area contributed by atoms with Gasteiger partial charge < -0.3 is 39.5 Å². The minimum Gasteiger partial charge on any atom is -0.462 e. The van der Waals surface area contributed by atoms with Crippen molar-refractivity contribution >= 4 is 27.6 Å². The summed E-state index contributed by atoms with van der Waals surface area (Å²) in [6, 6.07) is 0. The SMILES string of the molecule is CCCCC/C=C\C[C@@H](O)[C@H](O)CCCCCCCC(=O)OC[C@H](COP(=O)(O)OC[C@@H](O)COP(=O)(O)O)OC(=O)CCCCCCCCC(C)C. The standard InChI is InChI=1S/C36H70O15P2/c1-4-5-6-7-12-17-22-33(38)34(39)23-18-13-10-15-19-24-35(40)47-28-32(51-36(41)25-20-14-9-8-11-16-21-30(2)3)29-50-53(45,46)49-27-31(37)26-48-52(42,43)44/h12,17,30-34,37-39H,4-11,13-16,18-29H2,1-3H3,(H,45,46)(H2,42,43,44)/b17-12-/t31-,32+,33+,34+/m0/s1. The Morgan fingerprint density at radius 2 is 1.17 bits per heavy atom. The van der Waals surface area contributed by atoms with Crippen LogP contribution in [-0.2, 0) is 41.8 Å². The van der Waals surface area contributed by atoms with E-state index in [4.69, 9.17) is 23.8 Å². The first-order chi connectivity index (χ1) is 25.0. The molecule has 0 aliphatic heterocycles. The van der Waals surface area contributed by atoms with E-state index in [1.54, 1.807) is 0 Å². The first-order valence-electron chi connectivity index (χ1n) is 19.4. The lowest BCUT2D eigenvalue weighted by Gasteiger charge is -2.20. The van der Waals surface area contributed by atoms with E-state index in [2.05, 4.69) is 35.9 Å². The summed E-state index contributed by atoms with van der Waals surface area (Å²) in [7, 11) is -9.70. The first kappa shape index (κ1) is 51.8. The van der Waals surface area contributed by atoms with Crippen LogP contribution < -0.4 is 0 Å². The number of hydrogen-bond acceptors (Lipinski definition) is 12. The quantitative estimate of drug-likeness (QED) is 0.0165. The minimum atomic E-state index is -4.87. The van der Waals surface area contributed by atoms with Gasteiger partial charge in [0.15, 0.2) is 6.10 Å². The molecule has 5 atom stereocenters. The van der Waals surface area contributed by atoms with Gasteiger partial charge in [-0.2, -0.15) is 0 Å². The molecule has 6 N–H and O–H groups in total. The summed E-state index contributed by atoms with van der Waals surface area (Å²) in [5.41, 5.74) is 0. The lowest BCUT2D eigenvalue weighted by molar-refractivity contribution is -0.161. The highest BCUT2D eigenvalue weighted by Gasteiger charge is 2.28. The molecule has 0 aliphatic carbocycles. The average Bonchev–Trinajstić information content (AvgIpc) is 3.09. The maximum atomic E-state index is 12.5. The molecular weight excluding hydrogens is 734 g/mol. The van der Waals surface area contributed by atoms with Crippen LogP contribution in [0.25, 0.3) is 0 Å². The van der Waals surface area contributed by atoms with E-state index in [0.717, 1.165) is 70.6 Å². The number of hydrogen-bond donors (Lipinski definition) is 6. The van der Waals surface area contributed by atoms with Crippen molar-refractivity contribution in [2.75, 3.05) is 26.4 Å². The minimum absolute atomic E-state index is 0.0980. The lowest BCUT2D eigenvalue weighted by atomic mass is 10.0. The number of carbonyl (C=O) groups is 2. The summed E-state index contributed by atoms with van der Waals surface area (Å²) in [5, 5.41) is 30.1. The maximum Gasteiger partial charge on any atom is 0.472 e. The van der Waals surface area contributed by atoms with Gasteiger partial charge >= 0.3 is 27.6 Å². The molecule has 17 heteroatoms. The number of carbonyl (C=O) groups excluding carboxylic acids is 2. The Balaban J connectivity index is 4.64. The van der Waals surface area contributed by atoms with Crippen LogP contribution in [0.3, 0.4) is 0 Å². The predicted molar refractivity (Wildman–Crippen MR) is 201 cm³/mol. The number of rotatable bonds is 36. The molecule has 0 radical (unpaired) electrons. The van der Waals surface area contributed by atoms with Gasteiger partial charge in [0, 0.05) is 12.8 Å². The highest BCUT2D eigenvalue weighted by molar-refractivity contribution is 7.47. The zero-order valence-corrected chi connectivity index (χ0v) is 34.1. The molecule has 0 aromatic rings. The molecule has 0 saturated heterocycles. The molecular formula is C36H70O15P2. The van der Waals surface area contributed by atoms with Gasteiger partial charge in [0.25, 0.3) is 0 Å². The third-order valence-electron chi connectivity index (χ3n) is 8.27. The van der Waals surface area contributed by atoms with E-state index in [1.165, 1.54) is 19.3 Å². The van der Waals surface area contributed by atoms with Gasteiger partial charge in [0.2, 0.25) is 0 Å². The Morgan fingerprint density at radius 1 is 0.623 bits per heavy atom. The number of aliphatic hydroxyl groups excluding tert-OH is 3. The second kappa shape index (κ2) is 31.9. The number of unbranched alkanes of at least 4 members (excludes halogenated alkanes) is 12. The molecule has 0 saturated carbocycles. The predicted octanol–water partition coefficient (Wildman–Crippen LogP) is 6.80. The summed E-state index contributed by atoms with van der Waals surface area (Å²) < 4.78 is 47.4. The molecule has 0 aromatic heterocycles. The Hall–Kier alpha value is -1.22. The molecule has 0 aromatic carbocycles. The Bertz CT molecular complexity index is 1050. The highest BCUT2D eigenvalue weighted by Crippen LogP contribution is 2.43. The zero-order valence-electron chi connectivity index (χ0n) is 32.3. The van der Waals surface area contributed by atoms with Crippen molar-refractivity contribution in [2.24, 2.45) is 5.92 Å². The summed E-state index contributed by atoms with van der Waals surface area (Å²) in [4.78, 5) is 52.4. The van der Waals surface area contributed by atoms with Crippen molar-refractivity contribution in [3.05, 3.63) is 12.2 Å². The van der Waals surface area contributed by atoms with Crippen LogP contribution in [0.15, 0.2) is 12.2 Å². The Morgan fingerprint density at radius 3 is 1.77 bits per heavy atom. The second-order valence-corrected chi connectivity index (χ2v) is 16.7. The summed E-state index contributed by atoms with van der Waals surface area (Å²) >= 11 is 0. The van der Waals surface area contributed by atoms with Crippen molar-refractivity contribution in [1.82, 2.24) is 0 Å². The molecule has 0 heterocycles. The number of ether oxygens (including phenoxy) is 2. The van der Waals surface area contributed by atoms with Crippen LogP contribution in [0, 0.1) is 5.92 Å². The van der Waals surface area contributed by atoms with E-state index >= 15 is 0 Å². The van der Waals surface area contributed by atoms with Gasteiger partial charge in [-0.05, 0) is 44.4 Å². The van der Waals surface area contributed by atoms with Crippen LogP contribution in [0.1, 0.15) is 149 Å². The van der Waals surface area contributed by atoms with Gasteiger partial charge in [-0.3, -0.25) is 23.2 Å². The fourth-order valence-corrected chi connectivity index (χ4v) is 6.30. The van der Waals surface area contributed by atoms with Gasteiger partial charge in [-0.1, -0.05) is 110 Å². The van der Waals surface area contributed by atoms with Gasteiger partial charge in [-0.25, -0.2) is 9.13 Å². The largest absolute Gasteiger partial charge is 0.472 e. The van der Waals surface area contributed by atoms with Crippen molar-refractivity contribution < 1.29 is 71.8 Å². The number of aliphatic hydroxyl groups is 3. The Labute approximate surface area is 317 Å². The summed E-state index contributed by atoms with van der Waals surface area (Å²) in [5.74, 6) is -0.471. The maximum absolute atomic E-state index is 12.5. The third kappa shape index (κ3) is 35.0. The first-order valence-corrected chi connectivity index (χ1v) is 22.4. The fraction of sp³-hybridized carbons (Fsp3) is 0.889. The monoisotopic (exact) mass is 804 g/mol. The molecule has 0 aliphatic rings. The van der Waals surface area contributed by atoms with Crippen LogP contribution in [0.5, 0.6) is 0 Å². The van der Waals surface area contributed by atoms with E-state index in [1.807, 2.05) is 6.08 Å². The van der Waals surface area contributed by atoms with Crippen molar-refractivity contribution in [2.45, 2.75) is 174 Å². The van der Waals surface area contributed by atoms with Gasteiger partial charge in [0.05, 0.1) is 32.0 Å². The lowest BCUT2D eigenvalue weighted by Crippen LogP contribution is -2.30. The molecule has 314 valence electrons. The van der Waals surface area contributed by atoms with Gasteiger partial charge in [0.1, 0.15) is 12.7 Å². The van der Waals surface area contributed by atoms with Crippen LogP contribution >= 0.6 is 15.6 Å². The number of phosphoric acid groups is 2. The summed E-state index contributed by atoms with van der Waals surface area (Å²) in [6.45, 7) is 3.69. The van der Waals surface area contributed by atoms with Crippen LogP contribution in [0.4, 0.5) is 0 Å². The second-order valence-electron chi connectivity index (χ2n) is 14.0. The molecule has 0 spiro atoms. The smallest absolute Gasteiger partial charge is 0.462 e. The van der Waals surface area contributed by atoms with Crippen molar-refractivity contribution in [3.63, 3.8) is 0 Å². The molecule has 0 rings (SSSR count). The highest BCUT2D eigenvalue weighted by atomic mass is 31.2. The third-order valence-corrected chi connectivity index (χ3v) is 9.71. The topological polar surface area (TPSA) is 236 Å². The van der Waals surface area contributed by atoms with Crippen LogP contribution in [-0.4, -0.2) is 92.8 Å². The fourth-order valence-electron chi connectivity index (χ4n) is 5.14. The molecule has 0 bridgehead atoms. The van der Waals surface area contributed by atoms with E-state index in [0.29, 0.717) is 31.6 Å². The molecule has 15 nitrogen and oxygen atoms in total. The van der Waals surface area contributed by atoms with Crippen LogP contribution in [0.2, 0.25) is 0 Å². The number of esters is 2. The van der Waals surface area contributed by atoms with Crippen molar-refractivity contribution in [3.8, 4) is 0 Å². The van der Waals surface area contributed by atoms with E-state index in [-0.39, 0.29) is 12.8 Å². The zero-order chi connectivity index (χ0) is 40.0. The van der Waals surface area contributed by atoms with Gasteiger partial charge in [-0.15, -0.1) is 0 Å². The molecule has 1 unspecified atom stereocenters.